The molecule has 0 bridgehead atoms. The molecule has 0 unspecified atom stereocenters. The maximum atomic E-state index is 12.4. The van der Waals surface area contributed by atoms with Crippen molar-refractivity contribution in [1.29, 1.82) is 0 Å². The van der Waals surface area contributed by atoms with Gasteiger partial charge in [0.25, 0.3) is 0 Å². The number of carbonyl (C=O) groups excluding carboxylic acids is 1. The van der Waals surface area contributed by atoms with Gasteiger partial charge in [0.05, 0.1) is 12.0 Å². The van der Waals surface area contributed by atoms with Crippen LogP contribution >= 0.6 is 0 Å². The largest absolute Gasteiger partial charge is 0.416 e. The molecule has 4 nitrogen and oxygen atoms in total. The topological polar surface area (TPSA) is 57.8 Å². The van der Waals surface area contributed by atoms with Crippen LogP contribution in [0.1, 0.15) is 17.0 Å². The van der Waals surface area contributed by atoms with Crippen molar-refractivity contribution in [3.8, 4) is 0 Å². The first-order valence-corrected chi connectivity index (χ1v) is 6.36. The number of alkyl halides is 3. The standard InChI is InChI=1S/C14H14F3N3O/c15-14(16,17)11-3-1-10(2-4-11)9-13(21)20-6-5-12-18-7-8-19-12/h1-4,7-8H,5-6,9H2,(H,18,19)(H,20,21). The van der Waals surface area contributed by atoms with E-state index in [9.17, 15) is 18.0 Å². The van der Waals surface area contributed by atoms with Crippen LogP contribution in [0.15, 0.2) is 36.7 Å². The van der Waals surface area contributed by atoms with E-state index in [2.05, 4.69) is 15.3 Å². The van der Waals surface area contributed by atoms with Crippen molar-refractivity contribution in [3.63, 3.8) is 0 Å². The molecule has 1 aromatic carbocycles. The molecule has 0 aliphatic heterocycles. The van der Waals surface area contributed by atoms with Gasteiger partial charge in [-0.2, -0.15) is 13.2 Å². The van der Waals surface area contributed by atoms with Crippen LogP contribution in [0, 0.1) is 0 Å². The highest BCUT2D eigenvalue weighted by Crippen LogP contribution is 2.29. The van der Waals surface area contributed by atoms with Gasteiger partial charge in [-0.1, -0.05) is 12.1 Å². The number of hydrogen-bond acceptors (Lipinski definition) is 2. The molecule has 0 radical (unpaired) electrons. The smallest absolute Gasteiger partial charge is 0.355 e. The van der Waals surface area contributed by atoms with Crippen molar-refractivity contribution >= 4 is 5.91 Å². The third-order valence-corrected chi connectivity index (χ3v) is 2.88. The van der Waals surface area contributed by atoms with Gasteiger partial charge in [0.15, 0.2) is 0 Å². The van der Waals surface area contributed by atoms with Gasteiger partial charge in [-0.3, -0.25) is 4.79 Å². The summed E-state index contributed by atoms with van der Waals surface area (Å²) in [6, 6.07) is 4.58. The van der Waals surface area contributed by atoms with Crippen LogP contribution in [0.4, 0.5) is 13.2 Å². The minimum atomic E-state index is -4.36. The normalized spacial score (nSPS) is 11.4. The lowest BCUT2D eigenvalue weighted by atomic mass is 10.1. The third kappa shape index (κ3) is 4.62. The molecule has 2 aromatic rings. The van der Waals surface area contributed by atoms with Gasteiger partial charge in [-0.25, -0.2) is 4.98 Å². The molecule has 1 aromatic heterocycles. The number of amides is 1. The summed E-state index contributed by atoms with van der Waals surface area (Å²) in [5.41, 5.74) is -0.178. The number of aromatic amines is 1. The summed E-state index contributed by atoms with van der Waals surface area (Å²) in [4.78, 5) is 18.6. The molecule has 0 fully saturated rings. The zero-order valence-electron chi connectivity index (χ0n) is 11.1. The van der Waals surface area contributed by atoms with Crippen LogP contribution in [0.2, 0.25) is 0 Å². The molecule has 2 rings (SSSR count). The Hall–Kier alpha value is -2.31. The molecule has 0 spiro atoms. The van der Waals surface area contributed by atoms with Crippen LogP contribution in [0.3, 0.4) is 0 Å². The van der Waals surface area contributed by atoms with Gasteiger partial charge < -0.3 is 10.3 Å². The van der Waals surface area contributed by atoms with E-state index in [1.807, 2.05) is 0 Å². The Morgan fingerprint density at radius 2 is 1.95 bits per heavy atom. The molecule has 7 heteroatoms. The highest BCUT2D eigenvalue weighted by atomic mass is 19.4. The van der Waals surface area contributed by atoms with E-state index in [0.717, 1.165) is 18.0 Å². The lowest BCUT2D eigenvalue weighted by Gasteiger charge is -2.08. The Bertz CT molecular complexity index is 577. The van der Waals surface area contributed by atoms with Crippen LogP contribution < -0.4 is 5.32 Å². The second-order valence-corrected chi connectivity index (χ2v) is 4.51. The molecule has 0 aliphatic carbocycles. The summed E-state index contributed by atoms with van der Waals surface area (Å²) in [5, 5.41) is 2.69. The van der Waals surface area contributed by atoms with E-state index < -0.39 is 11.7 Å². The summed E-state index contributed by atoms with van der Waals surface area (Å²) < 4.78 is 37.2. The molecule has 0 saturated carbocycles. The maximum Gasteiger partial charge on any atom is 0.416 e. The summed E-state index contributed by atoms with van der Waals surface area (Å²) >= 11 is 0. The number of benzene rings is 1. The fourth-order valence-electron chi connectivity index (χ4n) is 1.81. The molecule has 0 aliphatic rings. The fraction of sp³-hybridized carbons (Fsp3) is 0.286. The van der Waals surface area contributed by atoms with E-state index >= 15 is 0 Å². The molecule has 0 saturated heterocycles. The zero-order valence-corrected chi connectivity index (χ0v) is 11.1. The number of rotatable bonds is 5. The fourth-order valence-corrected chi connectivity index (χ4v) is 1.81. The number of hydrogen-bond donors (Lipinski definition) is 2. The number of H-pyrrole nitrogens is 1. The van der Waals surface area contributed by atoms with Gasteiger partial charge >= 0.3 is 6.18 Å². The summed E-state index contributed by atoms with van der Waals surface area (Å²) in [6.45, 7) is 0.424. The Kier molecular flexibility index (Phi) is 4.62. The number of nitrogens with one attached hydrogen (secondary N) is 2. The van der Waals surface area contributed by atoms with Crippen LogP contribution in [-0.4, -0.2) is 22.4 Å². The highest BCUT2D eigenvalue weighted by Gasteiger charge is 2.29. The van der Waals surface area contributed by atoms with Crippen molar-refractivity contribution in [2.75, 3.05) is 6.54 Å². The van der Waals surface area contributed by atoms with Crippen molar-refractivity contribution in [2.24, 2.45) is 0 Å². The molecule has 112 valence electrons. The van der Waals surface area contributed by atoms with Crippen molar-refractivity contribution in [3.05, 3.63) is 53.6 Å². The van der Waals surface area contributed by atoms with E-state index in [0.29, 0.717) is 18.5 Å². The first kappa shape index (κ1) is 15.1. The van der Waals surface area contributed by atoms with Gasteiger partial charge in [0.2, 0.25) is 5.91 Å². The number of halogens is 3. The SMILES string of the molecule is O=C(Cc1ccc(C(F)(F)F)cc1)NCCc1ncc[nH]1. The third-order valence-electron chi connectivity index (χ3n) is 2.88. The van der Waals surface area contributed by atoms with Gasteiger partial charge in [-0.05, 0) is 17.7 Å². The summed E-state index contributed by atoms with van der Waals surface area (Å²) in [6.07, 6.45) is -0.412. The van der Waals surface area contributed by atoms with Crippen LogP contribution in [0.5, 0.6) is 0 Å². The van der Waals surface area contributed by atoms with Crippen molar-refractivity contribution in [2.45, 2.75) is 19.0 Å². The first-order chi connectivity index (χ1) is 9.95. The molecular formula is C14H14F3N3O. The average Bonchev–Trinajstić information content (AvgIpc) is 2.91. The molecule has 21 heavy (non-hydrogen) atoms. The quantitative estimate of drug-likeness (QED) is 0.890. The average molecular weight is 297 g/mol. The monoisotopic (exact) mass is 297 g/mol. The van der Waals surface area contributed by atoms with E-state index in [4.69, 9.17) is 0 Å². The second-order valence-electron chi connectivity index (χ2n) is 4.51. The minimum absolute atomic E-state index is 0.0519. The first-order valence-electron chi connectivity index (χ1n) is 6.36. The van der Waals surface area contributed by atoms with Gasteiger partial charge in [-0.15, -0.1) is 0 Å². The number of carbonyl (C=O) groups is 1. The van der Waals surface area contributed by atoms with E-state index in [-0.39, 0.29) is 12.3 Å². The van der Waals surface area contributed by atoms with Crippen molar-refractivity contribution < 1.29 is 18.0 Å². The molecule has 1 heterocycles. The highest BCUT2D eigenvalue weighted by molar-refractivity contribution is 5.78. The lowest BCUT2D eigenvalue weighted by molar-refractivity contribution is -0.137. The molecular weight excluding hydrogens is 283 g/mol. The number of imidazole rings is 1. The Labute approximate surface area is 119 Å². The van der Waals surface area contributed by atoms with Crippen LogP contribution in [-0.2, 0) is 23.8 Å². The maximum absolute atomic E-state index is 12.4. The van der Waals surface area contributed by atoms with Gasteiger partial charge in [0, 0.05) is 25.4 Å². The zero-order chi connectivity index (χ0) is 15.3. The van der Waals surface area contributed by atoms with Crippen LogP contribution in [0.25, 0.3) is 0 Å². The Morgan fingerprint density at radius 3 is 2.52 bits per heavy atom. The predicted octanol–water partition coefficient (Wildman–Crippen LogP) is 2.33. The minimum Gasteiger partial charge on any atom is -0.355 e. The van der Waals surface area contributed by atoms with Crippen molar-refractivity contribution in [1.82, 2.24) is 15.3 Å². The number of aromatic nitrogens is 2. The van der Waals surface area contributed by atoms with Gasteiger partial charge in [0.1, 0.15) is 5.82 Å². The molecule has 0 atom stereocenters. The Morgan fingerprint density at radius 1 is 1.24 bits per heavy atom. The summed E-state index contributed by atoms with van der Waals surface area (Å²) in [7, 11) is 0. The summed E-state index contributed by atoms with van der Waals surface area (Å²) in [5.74, 6) is 0.533. The molecule has 1 amide bonds. The lowest BCUT2D eigenvalue weighted by Crippen LogP contribution is -2.27. The number of nitrogens with zero attached hydrogens (tertiary/aromatic N) is 1. The molecule has 2 N–H and O–H groups in total. The predicted molar refractivity (Wildman–Crippen MR) is 70.4 cm³/mol. The van der Waals surface area contributed by atoms with E-state index in [1.165, 1.54) is 12.1 Å². The second kappa shape index (κ2) is 6.43. The van der Waals surface area contributed by atoms with E-state index in [1.54, 1.807) is 12.4 Å². The Balaban J connectivity index is 1.79.